The van der Waals surface area contributed by atoms with Crippen LogP contribution in [0.25, 0.3) is 0 Å². The van der Waals surface area contributed by atoms with Gasteiger partial charge in [-0.05, 0) is 44.0 Å². The van der Waals surface area contributed by atoms with E-state index in [1.54, 1.807) is 14.2 Å². The van der Waals surface area contributed by atoms with Gasteiger partial charge in [-0.2, -0.15) is 0 Å². The fourth-order valence-corrected chi connectivity index (χ4v) is 2.95. The van der Waals surface area contributed by atoms with Gasteiger partial charge in [0.1, 0.15) is 24.7 Å². The fourth-order valence-electron chi connectivity index (χ4n) is 2.08. The summed E-state index contributed by atoms with van der Waals surface area (Å²) in [4.78, 5) is 0. The normalized spacial score (nSPS) is 11.1. The third-order valence-corrected chi connectivity index (χ3v) is 4.80. The van der Waals surface area contributed by atoms with Crippen molar-refractivity contribution in [2.24, 2.45) is 0 Å². The van der Waals surface area contributed by atoms with Crippen molar-refractivity contribution in [3.8, 4) is 11.5 Å². The lowest BCUT2D eigenvalue weighted by molar-refractivity contribution is 0.0176. The van der Waals surface area contributed by atoms with Gasteiger partial charge in [0.15, 0.2) is 0 Å². The molecule has 10 heteroatoms. The molecule has 0 unspecified atom stereocenters. The zero-order valence-electron chi connectivity index (χ0n) is 17.7. The molecule has 0 aliphatic heterocycles. The lowest BCUT2D eigenvalue weighted by atomic mass is 10.3. The molecule has 174 valence electrons. The summed E-state index contributed by atoms with van der Waals surface area (Å²) >= 11 is 7.01. The molecule has 0 fully saturated rings. The topological polar surface area (TPSA) is 73.8 Å². The summed E-state index contributed by atoms with van der Waals surface area (Å²) in [6, 6.07) is 3.72. The van der Waals surface area contributed by atoms with Gasteiger partial charge in [-0.15, -0.1) is 0 Å². The number of rotatable bonds is 20. The molecule has 8 nitrogen and oxygen atoms in total. The molecule has 0 bridgehead atoms. The molecule has 0 aromatic heterocycles. The minimum Gasteiger partial charge on any atom is -0.490 e. The first kappa shape index (κ1) is 27.6. The van der Waals surface area contributed by atoms with Crippen LogP contribution in [0.2, 0.25) is 0 Å². The quantitative estimate of drug-likeness (QED) is 0.225. The minimum atomic E-state index is 0.434. The first-order valence-electron chi connectivity index (χ1n) is 9.72. The van der Waals surface area contributed by atoms with E-state index in [4.69, 9.17) is 37.9 Å². The van der Waals surface area contributed by atoms with Crippen LogP contribution in [0.5, 0.6) is 11.5 Å². The highest BCUT2D eigenvalue weighted by molar-refractivity contribution is 9.11. The Morgan fingerprint density at radius 3 is 1.13 bits per heavy atom. The Morgan fingerprint density at radius 2 is 0.800 bits per heavy atom. The van der Waals surface area contributed by atoms with E-state index in [-0.39, 0.29) is 0 Å². The largest absolute Gasteiger partial charge is 0.490 e. The van der Waals surface area contributed by atoms with Gasteiger partial charge in [-0.25, -0.2) is 0 Å². The number of benzene rings is 1. The van der Waals surface area contributed by atoms with E-state index in [1.807, 2.05) is 12.1 Å². The Bertz CT molecular complexity index is 500. The van der Waals surface area contributed by atoms with E-state index in [1.165, 1.54) is 0 Å². The lowest BCUT2D eigenvalue weighted by Crippen LogP contribution is -2.13. The van der Waals surface area contributed by atoms with Crippen molar-refractivity contribution in [2.75, 3.05) is 93.5 Å². The summed E-state index contributed by atoms with van der Waals surface area (Å²) in [7, 11) is 3.29. The average molecular weight is 560 g/mol. The van der Waals surface area contributed by atoms with Crippen molar-refractivity contribution in [3.05, 3.63) is 21.1 Å². The van der Waals surface area contributed by atoms with E-state index < -0.39 is 0 Å². The van der Waals surface area contributed by atoms with E-state index >= 15 is 0 Å². The van der Waals surface area contributed by atoms with Crippen LogP contribution < -0.4 is 9.47 Å². The molecule has 1 aromatic rings. The summed E-state index contributed by atoms with van der Waals surface area (Å²) in [6.07, 6.45) is 0. The van der Waals surface area contributed by atoms with E-state index in [2.05, 4.69) is 31.9 Å². The van der Waals surface area contributed by atoms with Crippen LogP contribution in [0, 0.1) is 0 Å². The molecular formula is C20H32Br2O8. The van der Waals surface area contributed by atoms with Crippen molar-refractivity contribution in [1.82, 2.24) is 0 Å². The fraction of sp³-hybridized carbons (Fsp3) is 0.700. The Balaban J connectivity index is 2.15. The highest BCUT2D eigenvalue weighted by atomic mass is 79.9. The molecule has 1 aromatic carbocycles. The second kappa shape index (κ2) is 19.2. The lowest BCUT2D eigenvalue weighted by Gasteiger charge is -2.13. The zero-order valence-corrected chi connectivity index (χ0v) is 20.8. The predicted octanol–water partition coefficient (Wildman–Crippen LogP) is 3.33. The smallest absolute Gasteiger partial charge is 0.134 e. The van der Waals surface area contributed by atoms with Crippen molar-refractivity contribution in [1.29, 1.82) is 0 Å². The van der Waals surface area contributed by atoms with Crippen LogP contribution in [0.3, 0.4) is 0 Å². The van der Waals surface area contributed by atoms with Crippen molar-refractivity contribution in [3.63, 3.8) is 0 Å². The van der Waals surface area contributed by atoms with Gasteiger partial charge in [0.2, 0.25) is 0 Å². The summed E-state index contributed by atoms with van der Waals surface area (Å²) in [5.41, 5.74) is 0. The Morgan fingerprint density at radius 1 is 0.500 bits per heavy atom. The predicted molar refractivity (Wildman–Crippen MR) is 120 cm³/mol. The maximum absolute atomic E-state index is 5.75. The second-order valence-corrected chi connectivity index (χ2v) is 7.55. The molecule has 0 spiro atoms. The molecule has 0 saturated heterocycles. The van der Waals surface area contributed by atoms with Gasteiger partial charge in [-0.1, -0.05) is 0 Å². The van der Waals surface area contributed by atoms with E-state index in [0.717, 1.165) is 8.95 Å². The minimum absolute atomic E-state index is 0.434. The molecule has 0 saturated carbocycles. The molecule has 0 heterocycles. The standard InChI is InChI=1S/C20H32Br2O8/c1-23-3-5-25-7-9-27-11-13-29-19-15-18(22)20(16-17(19)21)30-14-12-28-10-8-26-6-4-24-2/h15-16H,3-14H2,1-2H3. The molecular weight excluding hydrogens is 528 g/mol. The van der Waals surface area contributed by atoms with Crippen molar-refractivity contribution >= 4 is 31.9 Å². The van der Waals surface area contributed by atoms with Crippen LogP contribution in [-0.2, 0) is 28.4 Å². The van der Waals surface area contributed by atoms with Gasteiger partial charge >= 0.3 is 0 Å². The summed E-state index contributed by atoms with van der Waals surface area (Å²) in [5, 5.41) is 0. The third kappa shape index (κ3) is 13.8. The molecule has 0 aliphatic carbocycles. The Labute approximate surface area is 195 Å². The van der Waals surface area contributed by atoms with Gasteiger partial charge in [0.25, 0.3) is 0 Å². The summed E-state index contributed by atoms with van der Waals surface area (Å²) in [6.45, 7) is 6.25. The number of hydrogen-bond donors (Lipinski definition) is 0. The number of methoxy groups -OCH3 is 2. The highest BCUT2D eigenvalue weighted by Gasteiger charge is 2.09. The van der Waals surface area contributed by atoms with Crippen molar-refractivity contribution in [2.45, 2.75) is 0 Å². The second-order valence-electron chi connectivity index (χ2n) is 5.85. The van der Waals surface area contributed by atoms with E-state index in [9.17, 15) is 0 Å². The SMILES string of the molecule is COCCOCCOCCOc1cc(Br)c(OCCOCCOCCOC)cc1Br. The summed E-state index contributed by atoms with van der Waals surface area (Å²) in [5.74, 6) is 1.41. The average Bonchev–Trinajstić information content (AvgIpc) is 2.74. The summed E-state index contributed by atoms with van der Waals surface area (Å²) < 4.78 is 44.5. The van der Waals surface area contributed by atoms with E-state index in [0.29, 0.717) is 90.8 Å². The molecule has 1 rings (SSSR count). The molecule has 0 atom stereocenters. The maximum atomic E-state index is 5.75. The van der Waals surface area contributed by atoms with Crippen LogP contribution in [0.15, 0.2) is 21.1 Å². The Hall–Kier alpha value is -0.460. The molecule has 0 aliphatic rings. The first-order chi connectivity index (χ1) is 14.7. The third-order valence-electron chi connectivity index (χ3n) is 3.56. The first-order valence-corrected chi connectivity index (χ1v) is 11.3. The number of halogens is 2. The van der Waals surface area contributed by atoms with Gasteiger partial charge in [0.05, 0.1) is 75.0 Å². The highest BCUT2D eigenvalue weighted by Crippen LogP contribution is 2.36. The van der Waals surface area contributed by atoms with Crippen molar-refractivity contribution < 1.29 is 37.9 Å². The monoisotopic (exact) mass is 558 g/mol. The van der Waals surface area contributed by atoms with Crippen LogP contribution in [0.4, 0.5) is 0 Å². The van der Waals surface area contributed by atoms with Gasteiger partial charge < -0.3 is 37.9 Å². The Kier molecular flexibility index (Phi) is 17.7. The number of ether oxygens (including phenoxy) is 8. The number of hydrogen-bond acceptors (Lipinski definition) is 8. The van der Waals surface area contributed by atoms with Gasteiger partial charge in [0, 0.05) is 14.2 Å². The van der Waals surface area contributed by atoms with Crippen LogP contribution in [-0.4, -0.2) is 93.5 Å². The van der Waals surface area contributed by atoms with Crippen LogP contribution >= 0.6 is 31.9 Å². The molecule has 0 radical (unpaired) electrons. The van der Waals surface area contributed by atoms with Gasteiger partial charge in [-0.3, -0.25) is 0 Å². The van der Waals surface area contributed by atoms with Crippen LogP contribution in [0.1, 0.15) is 0 Å². The molecule has 0 N–H and O–H groups in total. The zero-order chi connectivity index (χ0) is 21.9. The molecule has 30 heavy (non-hydrogen) atoms. The maximum Gasteiger partial charge on any atom is 0.134 e. The molecule has 0 amide bonds.